The smallest absolute Gasteiger partial charge is 0.277 e. The third-order valence-electron chi connectivity index (χ3n) is 3.45. The number of aryl methyl sites for hydroxylation is 1. The van der Waals surface area contributed by atoms with E-state index in [1.165, 1.54) is 11.8 Å². The zero-order chi connectivity index (χ0) is 16.4. The molecular weight excluding hydrogens is 316 g/mol. The fourth-order valence-electron chi connectivity index (χ4n) is 2.50. The SMILES string of the molecule is Cc1nnc(SCC(=O)N2c3ccccc3NC(=O)CC2C)o1. The number of fused-ring (bicyclic) bond motifs is 1. The van der Waals surface area contributed by atoms with Crippen LogP contribution in [-0.4, -0.2) is 33.8 Å². The van der Waals surface area contributed by atoms with Gasteiger partial charge in [-0.2, -0.15) is 0 Å². The van der Waals surface area contributed by atoms with Gasteiger partial charge in [0, 0.05) is 19.4 Å². The Morgan fingerprint density at radius 2 is 2.22 bits per heavy atom. The number of nitrogens with one attached hydrogen (secondary N) is 1. The van der Waals surface area contributed by atoms with Crippen molar-refractivity contribution in [2.24, 2.45) is 0 Å². The maximum atomic E-state index is 12.7. The van der Waals surface area contributed by atoms with E-state index >= 15 is 0 Å². The Bertz CT molecular complexity index is 746. The lowest BCUT2D eigenvalue weighted by Gasteiger charge is -2.27. The van der Waals surface area contributed by atoms with Gasteiger partial charge in [0.2, 0.25) is 17.7 Å². The molecule has 2 aromatic rings. The molecule has 0 saturated carbocycles. The Hall–Kier alpha value is -2.35. The summed E-state index contributed by atoms with van der Waals surface area (Å²) in [5, 5.41) is 10.8. The number of thioether (sulfide) groups is 1. The first kappa shape index (κ1) is 15.5. The molecule has 1 aliphatic rings. The van der Waals surface area contributed by atoms with Crippen molar-refractivity contribution < 1.29 is 14.0 Å². The minimum absolute atomic E-state index is 0.0968. The van der Waals surface area contributed by atoms with Gasteiger partial charge in [-0.3, -0.25) is 9.59 Å². The largest absolute Gasteiger partial charge is 0.416 e. The number of para-hydroxylation sites is 2. The Morgan fingerprint density at radius 1 is 1.43 bits per heavy atom. The molecule has 7 nitrogen and oxygen atoms in total. The zero-order valence-corrected chi connectivity index (χ0v) is 13.6. The fourth-order valence-corrected chi connectivity index (χ4v) is 3.16. The number of aromatic nitrogens is 2. The van der Waals surface area contributed by atoms with Gasteiger partial charge in [0.15, 0.2) is 0 Å². The van der Waals surface area contributed by atoms with Gasteiger partial charge in [-0.15, -0.1) is 10.2 Å². The second-order valence-corrected chi connectivity index (χ2v) is 6.18. The summed E-state index contributed by atoms with van der Waals surface area (Å²) in [4.78, 5) is 26.3. The predicted octanol–water partition coefficient (Wildman–Crippen LogP) is 2.23. The van der Waals surface area contributed by atoms with Crippen LogP contribution < -0.4 is 10.2 Å². The van der Waals surface area contributed by atoms with E-state index in [-0.39, 0.29) is 30.0 Å². The third kappa shape index (κ3) is 3.37. The minimum Gasteiger partial charge on any atom is -0.416 e. The van der Waals surface area contributed by atoms with Crippen molar-refractivity contribution in [2.75, 3.05) is 16.0 Å². The van der Waals surface area contributed by atoms with Crippen LogP contribution in [0.5, 0.6) is 0 Å². The van der Waals surface area contributed by atoms with Crippen LogP contribution in [0, 0.1) is 6.92 Å². The van der Waals surface area contributed by atoms with Crippen molar-refractivity contribution in [2.45, 2.75) is 31.5 Å². The molecule has 0 radical (unpaired) electrons. The Morgan fingerprint density at radius 3 is 2.96 bits per heavy atom. The summed E-state index contributed by atoms with van der Waals surface area (Å²) in [5.74, 6) is 0.417. The van der Waals surface area contributed by atoms with Crippen molar-refractivity contribution in [1.29, 1.82) is 0 Å². The average molecular weight is 332 g/mol. The molecule has 2 amide bonds. The van der Waals surface area contributed by atoms with Gasteiger partial charge in [-0.1, -0.05) is 23.9 Å². The molecular formula is C15H16N4O3S. The van der Waals surface area contributed by atoms with E-state index in [4.69, 9.17) is 4.42 Å². The number of hydrogen-bond donors (Lipinski definition) is 1. The van der Waals surface area contributed by atoms with Crippen LogP contribution in [-0.2, 0) is 9.59 Å². The highest BCUT2D eigenvalue weighted by molar-refractivity contribution is 7.99. The molecule has 0 aliphatic carbocycles. The summed E-state index contributed by atoms with van der Waals surface area (Å²) in [7, 11) is 0. The number of amides is 2. The molecule has 8 heteroatoms. The number of carbonyl (C=O) groups is 2. The first-order chi connectivity index (χ1) is 11.0. The molecule has 2 heterocycles. The van der Waals surface area contributed by atoms with Gasteiger partial charge < -0.3 is 14.6 Å². The Labute approximate surface area is 137 Å². The highest BCUT2D eigenvalue weighted by Crippen LogP contribution is 2.32. The quantitative estimate of drug-likeness (QED) is 0.867. The summed E-state index contributed by atoms with van der Waals surface area (Å²) in [6.07, 6.45) is 0.255. The van der Waals surface area contributed by atoms with Crippen molar-refractivity contribution in [3.8, 4) is 0 Å². The van der Waals surface area contributed by atoms with E-state index in [2.05, 4.69) is 15.5 Å². The molecule has 120 valence electrons. The van der Waals surface area contributed by atoms with E-state index in [0.717, 1.165) is 0 Å². The molecule has 1 aromatic carbocycles. The summed E-state index contributed by atoms with van der Waals surface area (Å²) in [6, 6.07) is 7.07. The van der Waals surface area contributed by atoms with Crippen molar-refractivity contribution in [1.82, 2.24) is 10.2 Å². The zero-order valence-electron chi connectivity index (χ0n) is 12.8. The van der Waals surface area contributed by atoms with E-state index in [9.17, 15) is 9.59 Å². The second-order valence-electron chi connectivity index (χ2n) is 5.26. The van der Waals surface area contributed by atoms with Crippen LogP contribution >= 0.6 is 11.8 Å². The Balaban J connectivity index is 1.81. The predicted molar refractivity (Wildman–Crippen MR) is 86.4 cm³/mol. The molecule has 0 bridgehead atoms. The summed E-state index contributed by atoms with van der Waals surface area (Å²) in [5.41, 5.74) is 1.35. The second kappa shape index (κ2) is 6.41. The van der Waals surface area contributed by atoms with E-state index in [0.29, 0.717) is 22.5 Å². The molecule has 0 spiro atoms. The molecule has 1 unspecified atom stereocenters. The maximum absolute atomic E-state index is 12.7. The molecule has 3 rings (SSSR count). The molecule has 1 N–H and O–H groups in total. The third-order valence-corrected chi connectivity index (χ3v) is 4.26. The van der Waals surface area contributed by atoms with Gasteiger partial charge in [0.25, 0.3) is 5.22 Å². The minimum atomic E-state index is -0.226. The van der Waals surface area contributed by atoms with E-state index in [1.807, 2.05) is 25.1 Å². The van der Waals surface area contributed by atoms with Crippen LogP contribution in [0.15, 0.2) is 33.9 Å². The lowest BCUT2D eigenvalue weighted by Crippen LogP contribution is -2.40. The highest BCUT2D eigenvalue weighted by Gasteiger charge is 2.29. The standard InChI is InChI=1S/C15H16N4O3S/c1-9-7-13(20)16-11-5-3-4-6-12(11)19(9)14(21)8-23-15-18-17-10(2)22-15/h3-6,9H,7-8H2,1-2H3,(H,16,20). The number of anilines is 2. The number of carbonyl (C=O) groups excluding carboxylic acids is 2. The Kier molecular flexibility index (Phi) is 4.33. The average Bonchev–Trinajstić information content (AvgIpc) is 2.86. The lowest BCUT2D eigenvalue weighted by atomic mass is 10.2. The van der Waals surface area contributed by atoms with Gasteiger partial charge in [-0.25, -0.2) is 0 Å². The van der Waals surface area contributed by atoms with Crippen molar-refractivity contribution in [3.05, 3.63) is 30.2 Å². The summed E-state index contributed by atoms with van der Waals surface area (Å²) >= 11 is 1.19. The van der Waals surface area contributed by atoms with Gasteiger partial charge in [-0.05, 0) is 19.1 Å². The number of rotatable bonds is 3. The highest BCUT2D eigenvalue weighted by atomic mass is 32.2. The maximum Gasteiger partial charge on any atom is 0.277 e. The molecule has 23 heavy (non-hydrogen) atoms. The number of nitrogens with zero attached hydrogens (tertiary/aromatic N) is 3. The topological polar surface area (TPSA) is 88.3 Å². The van der Waals surface area contributed by atoms with Gasteiger partial charge in [0.1, 0.15) is 0 Å². The van der Waals surface area contributed by atoms with E-state index in [1.54, 1.807) is 17.9 Å². The molecule has 0 fully saturated rings. The summed E-state index contributed by atoms with van der Waals surface area (Å²) in [6.45, 7) is 3.56. The monoisotopic (exact) mass is 332 g/mol. The first-order valence-electron chi connectivity index (χ1n) is 7.18. The van der Waals surface area contributed by atoms with Crippen LogP contribution in [0.2, 0.25) is 0 Å². The van der Waals surface area contributed by atoms with Crippen LogP contribution in [0.25, 0.3) is 0 Å². The van der Waals surface area contributed by atoms with Crippen LogP contribution in [0.4, 0.5) is 11.4 Å². The lowest BCUT2D eigenvalue weighted by molar-refractivity contribution is -0.117. The van der Waals surface area contributed by atoms with Crippen LogP contribution in [0.3, 0.4) is 0 Å². The summed E-state index contributed by atoms with van der Waals surface area (Å²) < 4.78 is 5.26. The molecule has 0 saturated heterocycles. The number of hydrogen-bond acceptors (Lipinski definition) is 6. The molecule has 1 atom stereocenters. The normalized spacial score (nSPS) is 17.4. The van der Waals surface area contributed by atoms with Crippen molar-refractivity contribution in [3.63, 3.8) is 0 Å². The van der Waals surface area contributed by atoms with Crippen LogP contribution in [0.1, 0.15) is 19.2 Å². The first-order valence-corrected chi connectivity index (χ1v) is 8.17. The van der Waals surface area contributed by atoms with Crippen molar-refractivity contribution >= 4 is 35.0 Å². The molecule has 1 aromatic heterocycles. The molecule has 1 aliphatic heterocycles. The van der Waals surface area contributed by atoms with Gasteiger partial charge >= 0.3 is 0 Å². The van der Waals surface area contributed by atoms with Gasteiger partial charge in [0.05, 0.1) is 17.1 Å². The fraction of sp³-hybridized carbons (Fsp3) is 0.333. The van der Waals surface area contributed by atoms with E-state index < -0.39 is 0 Å². The number of benzene rings is 1.